The minimum atomic E-state index is -0.662. The number of rotatable bonds is 3. The van der Waals surface area contributed by atoms with E-state index < -0.39 is 11.6 Å². The van der Waals surface area contributed by atoms with Gasteiger partial charge >= 0.3 is 0 Å². The predicted octanol–water partition coefficient (Wildman–Crippen LogP) is 4.32. The van der Waals surface area contributed by atoms with Crippen molar-refractivity contribution in [2.45, 2.75) is 27.2 Å². The number of Topliss-reactive ketones (excluding diaryl/α,β-unsaturated/α-hetero) is 1. The summed E-state index contributed by atoms with van der Waals surface area (Å²) in [4.78, 5) is 12.3. The molecule has 0 saturated heterocycles. The Kier molecular flexibility index (Phi) is 3.98. The van der Waals surface area contributed by atoms with Crippen LogP contribution in [0.15, 0.2) is 30.3 Å². The van der Waals surface area contributed by atoms with Gasteiger partial charge in [-0.3, -0.25) is 4.79 Å². The van der Waals surface area contributed by atoms with Crippen molar-refractivity contribution >= 4 is 5.78 Å². The second-order valence-electron chi connectivity index (χ2n) is 5.15. The van der Waals surface area contributed by atoms with Crippen LogP contribution in [0.3, 0.4) is 0 Å². The summed E-state index contributed by atoms with van der Waals surface area (Å²) in [6, 6.07) is 7.06. The molecule has 0 unspecified atom stereocenters. The Hall–Kier alpha value is -2.03. The minimum absolute atomic E-state index is 0.000574. The number of aryl methyl sites for hydroxylation is 3. The zero-order valence-electron chi connectivity index (χ0n) is 11.8. The lowest BCUT2D eigenvalue weighted by atomic mass is 9.93. The molecule has 104 valence electrons. The summed E-state index contributed by atoms with van der Waals surface area (Å²) in [5.41, 5.74) is 3.87. The highest BCUT2D eigenvalue weighted by molar-refractivity contribution is 6.00. The molecule has 0 aliphatic heterocycles. The lowest BCUT2D eigenvalue weighted by Crippen LogP contribution is -2.09. The van der Waals surface area contributed by atoms with Gasteiger partial charge in [0.05, 0.1) is 0 Å². The van der Waals surface area contributed by atoms with Gasteiger partial charge in [-0.2, -0.15) is 0 Å². The molecule has 0 saturated carbocycles. The lowest BCUT2D eigenvalue weighted by Gasteiger charge is -2.10. The molecule has 0 radical (unpaired) electrons. The van der Waals surface area contributed by atoms with Gasteiger partial charge in [0, 0.05) is 18.1 Å². The van der Waals surface area contributed by atoms with Crippen molar-refractivity contribution < 1.29 is 13.6 Å². The van der Waals surface area contributed by atoms with E-state index in [4.69, 9.17) is 0 Å². The number of hydrogen-bond acceptors (Lipinski definition) is 1. The van der Waals surface area contributed by atoms with Crippen LogP contribution in [0, 0.1) is 32.4 Å². The van der Waals surface area contributed by atoms with Gasteiger partial charge in [0.2, 0.25) is 0 Å². The van der Waals surface area contributed by atoms with Crippen molar-refractivity contribution in [1.82, 2.24) is 0 Å². The summed E-state index contributed by atoms with van der Waals surface area (Å²) in [7, 11) is 0. The van der Waals surface area contributed by atoms with E-state index >= 15 is 0 Å². The summed E-state index contributed by atoms with van der Waals surface area (Å²) >= 11 is 0. The molecule has 0 aliphatic rings. The molecule has 3 heteroatoms. The Balaban J connectivity index is 2.33. The molecule has 2 aromatic carbocycles. The molecule has 0 amide bonds. The molecule has 0 aromatic heterocycles. The maximum absolute atomic E-state index is 13.1. The van der Waals surface area contributed by atoms with E-state index in [9.17, 15) is 13.6 Å². The summed E-state index contributed by atoms with van der Waals surface area (Å²) in [6.45, 7) is 5.72. The van der Waals surface area contributed by atoms with Gasteiger partial charge in [-0.1, -0.05) is 17.7 Å². The highest BCUT2D eigenvalue weighted by Crippen LogP contribution is 2.19. The molecule has 0 atom stereocenters. The van der Waals surface area contributed by atoms with Crippen molar-refractivity contribution in [2.75, 3.05) is 0 Å². The maximum atomic E-state index is 13.1. The van der Waals surface area contributed by atoms with Crippen LogP contribution in [0.1, 0.15) is 32.6 Å². The first-order valence-electron chi connectivity index (χ1n) is 6.43. The van der Waals surface area contributed by atoms with Gasteiger partial charge in [-0.25, -0.2) is 8.78 Å². The zero-order chi connectivity index (χ0) is 14.9. The van der Waals surface area contributed by atoms with E-state index in [1.807, 2.05) is 32.9 Å². The average molecular weight is 274 g/mol. The van der Waals surface area contributed by atoms with Crippen LogP contribution in [-0.2, 0) is 6.42 Å². The Morgan fingerprint density at radius 2 is 1.40 bits per heavy atom. The molecular weight excluding hydrogens is 258 g/mol. The van der Waals surface area contributed by atoms with Crippen LogP contribution in [0.5, 0.6) is 0 Å². The minimum Gasteiger partial charge on any atom is -0.294 e. The molecule has 0 spiro atoms. The zero-order valence-corrected chi connectivity index (χ0v) is 11.8. The second-order valence-corrected chi connectivity index (χ2v) is 5.15. The first-order valence-corrected chi connectivity index (χ1v) is 6.43. The van der Waals surface area contributed by atoms with E-state index in [0.717, 1.165) is 22.8 Å². The largest absolute Gasteiger partial charge is 0.294 e. The van der Waals surface area contributed by atoms with E-state index in [1.165, 1.54) is 12.1 Å². The Labute approximate surface area is 117 Å². The maximum Gasteiger partial charge on any atom is 0.167 e. The highest BCUT2D eigenvalue weighted by atomic mass is 19.1. The monoisotopic (exact) mass is 274 g/mol. The molecule has 0 heterocycles. The van der Waals surface area contributed by atoms with Crippen LogP contribution < -0.4 is 0 Å². The quantitative estimate of drug-likeness (QED) is 0.762. The van der Waals surface area contributed by atoms with Crippen molar-refractivity contribution in [1.29, 1.82) is 0 Å². The fourth-order valence-corrected chi connectivity index (χ4v) is 2.61. The second kappa shape index (κ2) is 5.53. The van der Waals surface area contributed by atoms with Gasteiger partial charge in [-0.15, -0.1) is 0 Å². The molecule has 0 fully saturated rings. The number of carbonyl (C=O) groups is 1. The third-order valence-corrected chi connectivity index (χ3v) is 3.24. The van der Waals surface area contributed by atoms with Crippen LogP contribution in [-0.4, -0.2) is 5.78 Å². The summed E-state index contributed by atoms with van der Waals surface area (Å²) in [6.07, 6.45) is -0.000574. The average Bonchev–Trinajstić information content (AvgIpc) is 2.25. The fourth-order valence-electron chi connectivity index (χ4n) is 2.61. The fraction of sp³-hybridized carbons (Fsp3) is 0.235. The number of carbonyl (C=O) groups excluding carboxylic acids is 1. The summed E-state index contributed by atoms with van der Waals surface area (Å²) in [5, 5.41) is 0. The molecule has 20 heavy (non-hydrogen) atoms. The normalized spacial score (nSPS) is 10.7. The van der Waals surface area contributed by atoms with Gasteiger partial charge in [0.25, 0.3) is 0 Å². The van der Waals surface area contributed by atoms with Crippen LogP contribution in [0.25, 0.3) is 0 Å². The number of benzene rings is 2. The van der Waals surface area contributed by atoms with Crippen LogP contribution in [0.4, 0.5) is 8.78 Å². The van der Waals surface area contributed by atoms with Crippen molar-refractivity contribution in [2.24, 2.45) is 0 Å². The predicted molar refractivity (Wildman–Crippen MR) is 75.0 cm³/mol. The first-order chi connectivity index (χ1) is 9.36. The van der Waals surface area contributed by atoms with Gasteiger partial charge < -0.3 is 0 Å². The van der Waals surface area contributed by atoms with E-state index in [2.05, 4.69) is 0 Å². The number of halogens is 2. The lowest BCUT2D eigenvalue weighted by molar-refractivity contribution is 0.0991. The van der Waals surface area contributed by atoms with Crippen molar-refractivity contribution in [3.8, 4) is 0 Å². The molecule has 0 bridgehead atoms. The highest BCUT2D eigenvalue weighted by Gasteiger charge is 2.14. The summed E-state index contributed by atoms with van der Waals surface area (Å²) < 4.78 is 26.3. The van der Waals surface area contributed by atoms with Gasteiger partial charge in [0.1, 0.15) is 11.6 Å². The van der Waals surface area contributed by atoms with Gasteiger partial charge in [-0.05, 0) is 49.6 Å². The molecule has 0 N–H and O–H groups in total. The van der Waals surface area contributed by atoms with E-state index in [-0.39, 0.29) is 12.2 Å². The first kappa shape index (κ1) is 14.4. The SMILES string of the molecule is Cc1cc(C)c(C(=O)Cc2cc(F)cc(F)c2)c(C)c1. The standard InChI is InChI=1S/C17H16F2O/c1-10-4-11(2)17(12(3)5-10)16(20)8-13-6-14(18)9-15(19)7-13/h4-7,9H,8H2,1-3H3. The molecule has 1 nitrogen and oxygen atoms in total. The molecular formula is C17H16F2O. The van der Waals surface area contributed by atoms with E-state index in [1.54, 1.807) is 0 Å². The Morgan fingerprint density at radius 3 is 1.90 bits per heavy atom. The molecule has 0 aliphatic carbocycles. The van der Waals surface area contributed by atoms with Crippen molar-refractivity contribution in [3.05, 3.63) is 69.8 Å². The Morgan fingerprint density at radius 1 is 0.900 bits per heavy atom. The third kappa shape index (κ3) is 3.10. The Bertz CT molecular complexity index is 631. The van der Waals surface area contributed by atoms with Crippen LogP contribution >= 0.6 is 0 Å². The number of ketones is 1. The van der Waals surface area contributed by atoms with Gasteiger partial charge in [0.15, 0.2) is 5.78 Å². The molecule has 2 rings (SSSR count). The molecule has 2 aromatic rings. The topological polar surface area (TPSA) is 17.1 Å². The van der Waals surface area contributed by atoms with Crippen LogP contribution in [0.2, 0.25) is 0 Å². The summed E-state index contributed by atoms with van der Waals surface area (Å²) in [5.74, 6) is -1.44. The van der Waals surface area contributed by atoms with E-state index in [0.29, 0.717) is 11.1 Å². The number of hydrogen-bond donors (Lipinski definition) is 0. The van der Waals surface area contributed by atoms with Crippen molar-refractivity contribution in [3.63, 3.8) is 0 Å². The smallest absolute Gasteiger partial charge is 0.167 e. The third-order valence-electron chi connectivity index (χ3n) is 3.24.